The average molecular weight is 268 g/mol. The van der Waals surface area contributed by atoms with Gasteiger partial charge in [0.15, 0.2) is 0 Å². The molecule has 0 spiro atoms. The number of aromatic carboxylic acids is 1. The molecule has 0 bridgehead atoms. The van der Waals surface area contributed by atoms with Crippen molar-refractivity contribution in [2.45, 2.75) is 19.3 Å². The molecule has 2 aromatic rings. The van der Waals surface area contributed by atoms with Crippen molar-refractivity contribution in [3.05, 3.63) is 64.7 Å². The lowest BCUT2D eigenvalue weighted by Crippen LogP contribution is -2.23. The fourth-order valence-corrected chi connectivity index (χ4v) is 2.63. The highest BCUT2D eigenvalue weighted by molar-refractivity contribution is 5.90. The van der Waals surface area contributed by atoms with Gasteiger partial charge in [-0.25, -0.2) is 4.79 Å². The summed E-state index contributed by atoms with van der Waals surface area (Å²) in [5.74, 6) is -0.121. The average Bonchev–Trinajstić information content (AvgIpc) is 2.39. The van der Waals surface area contributed by atoms with Crippen LogP contribution in [0.25, 0.3) is 0 Å². The van der Waals surface area contributed by atoms with Gasteiger partial charge in [-0.2, -0.15) is 0 Å². The number of fused-ring (bicyclic) bond motifs is 1. The Kier molecular flexibility index (Phi) is 3.18. The largest absolute Gasteiger partial charge is 0.492 e. The van der Waals surface area contributed by atoms with Crippen molar-refractivity contribution in [3.8, 4) is 5.75 Å². The zero-order valence-electron chi connectivity index (χ0n) is 11.3. The molecule has 1 atom stereocenters. The standard InChI is InChI=1S/C17H16O3/c1-11-6-7-15(17(18)19)16(8-11)20-10-13-9-12-4-2-3-5-14(12)13/h2-8,13H,9-10H2,1H3,(H,18,19). The number of carbonyl (C=O) groups is 1. The highest BCUT2D eigenvalue weighted by Gasteiger charge is 2.26. The van der Waals surface area contributed by atoms with E-state index in [4.69, 9.17) is 4.74 Å². The Balaban J connectivity index is 1.74. The topological polar surface area (TPSA) is 46.5 Å². The van der Waals surface area contributed by atoms with Crippen LogP contribution in [0.4, 0.5) is 0 Å². The van der Waals surface area contributed by atoms with Gasteiger partial charge in [-0.05, 0) is 42.2 Å². The molecule has 0 fully saturated rings. The van der Waals surface area contributed by atoms with Crippen LogP contribution in [0, 0.1) is 6.92 Å². The van der Waals surface area contributed by atoms with Crippen molar-refractivity contribution in [2.24, 2.45) is 0 Å². The van der Waals surface area contributed by atoms with Gasteiger partial charge < -0.3 is 9.84 Å². The Morgan fingerprint density at radius 1 is 1.30 bits per heavy atom. The predicted octanol–water partition coefficient (Wildman–Crippen LogP) is 3.41. The van der Waals surface area contributed by atoms with Crippen LogP contribution in [0.1, 0.15) is 33.0 Å². The third-order valence-corrected chi connectivity index (χ3v) is 3.77. The molecule has 1 aliphatic rings. The van der Waals surface area contributed by atoms with E-state index in [0.717, 1.165) is 12.0 Å². The maximum Gasteiger partial charge on any atom is 0.339 e. The highest BCUT2D eigenvalue weighted by Crippen LogP contribution is 2.35. The Morgan fingerprint density at radius 2 is 2.10 bits per heavy atom. The maximum atomic E-state index is 11.2. The number of rotatable bonds is 4. The lowest BCUT2D eigenvalue weighted by molar-refractivity contribution is 0.0691. The summed E-state index contributed by atoms with van der Waals surface area (Å²) in [6.07, 6.45) is 1.00. The molecule has 3 rings (SSSR count). The van der Waals surface area contributed by atoms with E-state index in [-0.39, 0.29) is 5.56 Å². The quantitative estimate of drug-likeness (QED) is 0.924. The number of hydrogen-bond acceptors (Lipinski definition) is 2. The van der Waals surface area contributed by atoms with E-state index < -0.39 is 5.97 Å². The summed E-state index contributed by atoms with van der Waals surface area (Å²) >= 11 is 0. The van der Waals surface area contributed by atoms with E-state index in [0.29, 0.717) is 18.3 Å². The second kappa shape index (κ2) is 5.00. The fourth-order valence-electron chi connectivity index (χ4n) is 2.63. The molecule has 1 unspecified atom stereocenters. The minimum absolute atomic E-state index is 0.225. The first-order valence-corrected chi connectivity index (χ1v) is 6.69. The molecule has 0 amide bonds. The molecule has 0 saturated carbocycles. The van der Waals surface area contributed by atoms with Crippen LogP contribution in [-0.4, -0.2) is 17.7 Å². The van der Waals surface area contributed by atoms with Crippen LogP contribution in [0.15, 0.2) is 42.5 Å². The Morgan fingerprint density at radius 3 is 2.85 bits per heavy atom. The summed E-state index contributed by atoms with van der Waals surface area (Å²) in [6, 6.07) is 13.5. The molecular formula is C17H16O3. The number of ether oxygens (including phenoxy) is 1. The molecule has 20 heavy (non-hydrogen) atoms. The third kappa shape index (κ3) is 2.27. The molecule has 1 N–H and O–H groups in total. The highest BCUT2D eigenvalue weighted by atomic mass is 16.5. The van der Waals surface area contributed by atoms with Gasteiger partial charge in [0.1, 0.15) is 11.3 Å². The maximum absolute atomic E-state index is 11.2. The molecule has 0 aliphatic heterocycles. The monoisotopic (exact) mass is 268 g/mol. The molecule has 0 saturated heterocycles. The summed E-state index contributed by atoms with van der Waals surface area (Å²) in [6.45, 7) is 2.46. The van der Waals surface area contributed by atoms with E-state index in [1.165, 1.54) is 11.1 Å². The van der Waals surface area contributed by atoms with Gasteiger partial charge in [0.25, 0.3) is 0 Å². The van der Waals surface area contributed by atoms with E-state index in [1.54, 1.807) is 18.2 Å². The number of benzene rings is 2. The Labute approximate surface area is 117 Å². The normalized spacial score (nSPS) is 16.1. The van der Waals surface area contributed by atoms with Crippen LogP contribution in [0.3, 0.4) is 0 Å². The first-order valence-electron chi connectivity index (χ1n) is 6.69. The van der Waals surface area contributed by atoms with Crippen LogP contribution in [0.2, 0.25) is 0 Å². The fraction of sp³-hybridized carbons (Fsp3) is 0.235. The van der Waals surface area contributed by atoms with E-state index in [1.807, 2.05) is 19.1 Å². The number of hydrogen-bond donors (Lipinski definition) is 1. The second-order valence-electron chi connectivity index (χ2n) is 5.22. The van der Waals surface area contributed by atoms with Crippen LogP contribution < -0.4 is 4.74 Å². The molecular weight excluding hydrogens is 252 g/mol. The second-order valence-corrected chi connectivity index (χ2v) is 5.22. The van der Waals surface area contributed by atoms with Gasteiger partial charge in [-0.3, -0.25) is 0 Å². The van der Waals surface area contributed by atoms with Crippen molar-refractivity contribution in [3.63, 3.8) is 0 Å². The minimum Gasteiger partial charge on any atom is -0.492 e. The van der Waals surface area contributed by atoms with Crippen LogP contribution >= 0.6 is 0 Å². The molecule has 0 aromatic heterocycles. The molecule has 1 aliphatic carbocycles. The van der Waals surface area contributed by atoms with Gasteiger partial charge >= 0.3 is 5.97 Å². The lowest BCUT2D eigenvalue weighted by Gasteiger charge is -2.30. The first kappa shape index (κ1) is 12.7. The van der Waals surface area contributed by atoms with Crippen molar-refractivity contribution < 1.29 is 14.6 Å². The van der Waals surface area contributed by atoms with Crippen molar-refractivity contribution in [1.29, 1.82) is 0 Å². The summed E-state index contributed by atoms with van der Waals surface area (Å²) in [5.41, 5.74) is 3.91. The molecule has 3 heteroatoms. The summed E-state index contributed by atoms with van der Waals surface area (Å²) in [4.78, 5) is 11.2. The van der Waals surface area contributed by atoms with Crippen molar-refractivity contribution >= 4 is 5.97 Å². The van der Waals surface area contributed by atoms with Gasteiger partial charge in [0.05, 0.1) is 6.61 Å². The number of carboxylic acids is 1. The summed E-state index contributed by atoms with van der Waals surface area (Å²) in [7, 11) is 0. The SMILES string of the molecule is Cc1ccc(C(=O)O)c(OCC2Cc3ccccc32)c1. The van der Waals surface area contributed by atoms with E-state index >= 15 is 0 Å². The summed E-state index contributed by atoms with van der Waals surface area (Å²) < 4.78 is 5.76. The molecule has 0 radical (unpaired) electrons. The predicted molar refractivity (Wildman–Crippen MR) is 76.5 cm³/mol. The molecule has 2 aromatic carbocycles. The van der Waals surface area contributed by atoms with Gasteiger partial charge in [0, 0.05) is 5.92 Å². The smallest absolute Gasteiger partial charge is 0.339 e. The zero-order chi connectivity index (χ0) is 14.1. The Bertz CT molecular complexity index is 661. The van der Waals surface area contributed by atoms with Crippen LogP contribution in [0.5, 0.6) is 5.75 Å². The van der Waals surface area contributed by atoms with Gasteiger partial charge in [-0.15, -0.1) is 0 Å². The molecule has 102 valence electrons. The van der Waals surface area contributed by atoms with Crippen LogP contribution in [-0.2, 0) is 6.42 Å². The van der Waals surface area contributed by atoms with Gasteiger partial charge in [0.2, 0.25) is 0 Å². The molecule has 3 nitrogen and oxygen atoms in total. The first-order chi connectivity index (χ1) is 9.65. The Hall–Kier alpha value is -2.29. The number of carboxylic acid groups (broad SMARTS) is 1. The third-order valence-electron chi connectivity index (χ3n) is 3.77. The van der Waals surface area contributed by atoms with E-state index in [9.17, 15) is 9.90 Å². The van der Waals surface area contributed by atoms with E-state index in [2.05, 4.69) is 12.1 Å². The summed E-state index contributed by atoms with van der Waals surface area (Å²) in [5, 5.41) is 9.17. The van der Waals surface area contributed by atoms with Crippen molar-refractivity contribution in [1.82, 2.24) is 0 Å². The lowest BCUT2D eigenvalue weighted by atomic mass is 9.78. The number of aryl methyl sites for hydroxylation is 1. The van der Waals surface area contributed by atoms with Crippen molar-refractivity contribution in [2.75, 3.05) is 6.61 Å². The minimum atomic E-state index is -0.950. The zero-order valence-corrected chi connectivity index (χ0v) is 11.3. The molecule has 0 heterocycles. The van der Waals surface area contributed by atoms with Gasteiger partial charge in [-0.1, -0.05) is 30.3 Å².